The molecule has 0 aliphatic rings. The Morgan fingerprint density at radius 2 is 1.94 bits per heavy atom. The van der Waals surface area contributed by atoms with Crippen LogP contribution in [0.4, 0.5) is 0 Å². The molecule has 2 rings (SSSR count). The molecule has 0 atom stereocenters. The van der Waals surface area contributed by atoms with Crippen molar-refractivity contribution in [2.45, 2.75) is 13.1 Å². The van der Waals surface area contributed by atoms with Crippen LogP contribution in [0.1, 0.15) is 11.1 Å². The molecule has 5 nitrogen and oxygen atoms in total. The highest BCUT2D eigenvalue weighted by atomic mass is 15.3. The molecule has 2 aromatic rings. The normalized spacial score (nSPS) is 10.6. The first-order chi connectivity index (χ1) is 7.78. The van der Waals surface area contributed by atoms with Gasteiger partial charge in [0.15, 0.2) is 0 Å². The quantitative estimate of drug-likeness (QED) is 0.813. The minimum absolute atomic E-state index is 0.794. The number of nitrogens with one attached hydrogen (secondary N) is 1. The molecule has 84 valence electrons. The van der Waals surface area contributed by atoms with E-state index in [1.807, 2.05) is 31.8 Å². The van der Waals surface area contributed by atoms with E-state index in [2.05, 4.69) is 22.1 Å². The Balaban J connectivity index is 1.81. The zero-order valence-corrected chi connectivity index (χ0v) is 9.30. The van der Waals surface area contributed by atoms with Crippen LogP contribution in [0.2, 0.25) is 0 Å². The molecule has 0 saturated carbocycles. The second-order valence-corrected chi connectivity index (χ2v) is 3.64. The van der Waals surface area contributed by atoms with E-state index in [4.69, 9.17) is 0 Å². The lowest BCUT2D eigenvalue weighted by atomic mass is 10.3. The maximum Gasteiger partial charge on any atom is 0.0538 e. The molecule has 1 N–H and O–H groups in total. The average Bonchev–Trinajstić information content (AvgIpc) is 2.88. The summed E-state index contributed by atoms with van der Waals surface area (Å²) in [7, 11) is 1.91. The van der Waals surface area contributed by atoms with Crippen LogP contribution in [0.5, 0.6) is 0 Å². The maximum absolute atomic E-state index is 4.11. The Labute approximate surface area is 94.4 Å². The predicted octanol–water partition coefficient (Wildman–Crippen LogP) is 1.01. The summed E-state index contributed by atoms with van der Waals surface area (Å²) in [6, 6.07) is 0. The fourth-order valence-corrected chi connectivity index (χ4v) is 1.48. The van der Waals surface area contributed by atoms with Gasteiger partial charge in [0, 0.05) is 49.9 Å². The number of nitrogens with zero attached hydrogens (tertiary/aromatic N) is 4. The molecule has 16 heavy (non-hydrogen) atoms. The first kappa shape index (κ1) is 10.6. The van der Waals surface area contributed by atoms with Gasteiger partial charge in [-0.05, 0) is 0 Å². The molecule has 0 aliphatic carbocycles. The zero-order valence-electron chi connectivity index (χ0n) is 9.30. The largest absolute Gasteiger partial charge is 0.308 e. The zero-order chi connectivity index (χ0) is 11.4. The summed E-state index contributed by atoms with van der Waals surface area (Å²) in [5.74, 6) is 0. The number of aryl methyl sites for hydroxylation is 1. The minimum Gasteiger partial charge on any atom is -0.308 e. The van der Waals surface area contributed by atoms with Crippen LogP contribution in [-0.4, -0.2) is 19.6 Å². The van der Waals surface area contributed by atoms with Crippen LogP contribution < -0.4 is 5.32 Å². The van der Waals surface area contributed by atoms with Gasteiger partial charge in [-0.1, -0.05) is 6.58 Å². The fourth-order valence-electron chi connectivity index (χ4n) is 1.48. The van der Waals surface area contributed by atoms with Gasteiger partial charge in [0.1, 0.15) is 0 Å². The second kappa shape index (κ2) is 4.76. The Hall–Kier alpha value is -1.88. The van der Waals surface area contributed by atoms with Crippen molar-refractivity contribution in [2.75, 3.05) is 0 Å². The van der Waals surface area contributed by atoms with E-state index in [1.165, 1.54) is 5.56 Å². The molecular weight excluding hydrogens is 202 g/mol. The summed E-state index contributed by atoms with van der Waals surface area (Å²) in [5, 5.41) is 11.5. The van der Waals surface area contributed by atoms with E-state index in [0.717, 1.165) is 18.7 Å². The Morgan fingerprint density at radius 1 is 1.25 bits per heavy atom. The van der Waals surface area contributed by atoms with Crippen molar-refractivity contribution >= 4 is 6.20 Å². The van der Waals surface area contributed by atoms with Gasteiger partial charge >= 0.3 is 0 Å². The van der Waals surface area contributed by atoms with Crippen molar-refractivity contribution in [1.29, 1.82) is 0 Å². The number of hydrogen-bond donors (Lipinski definition) is 1. The Kier molecular flexibility index (Phi) is 3.16. The summed E-state index contributed by atoms with van der Waals surface area (Å²) in [4.78, 5) is 0. The van der Waals surface area contributed by atoms with Gasteiger partial charge in [-0.3, -0.25) is 4.68 Å². The van der Waals surface area contributed by atoms with E-state index in [1.54, 1.807) is 15.6 Å². The van der Waals surface area contributed by atoms with Crippen molar-refractivity contribution in [3.8, 4) is 0 Å². The van der Waals surface area contributed by atoms with Gasteiger partial charge in [-0.25, -0.2) is 4.68 Å². The molecule has 5 heteroatoms. The van der Waals surface area contributed by atoms with Gasteiger partial charge in [0.25, 0.3) is 0 Å². The first-order valence-electron chi connectivity index (χ1n) is 5.12. The van der Waals surface area contributed by atoms with Crippen LogP contribution in [-0.2, 0) is 20.1 Å². The first-order valence-corrected chi connectivity index (χ1v) is 5.12. The number of aromatic nitrogens is 4. The molecule has 0 radical (unpaired) electrons. The highest BCUT2D eigenvalue weighted by Crippen LogP contribution is 1.99. The molecule has 0 saturated heterocycles. The smallest absolute Gasteiger partial charge is 0.0538 e. The van der Waals surface area contributed by atoms with Gasteiger partial charge in [0.2, 0.25) is 0 Å². The minimum atomic E-state index is 0.794. The van der Waals surface area contributed by atoms with E-state index in [0.29, 0.717) is 0 Å². The molecule has 0 amide bonds. The van der Waals surface area contributed by atoms with E-state index in [-0.39, 0.29) is 0 Å². The monoisotopic (exact) mass is 217 g/mol. The van der Waals surface area contributed by atoms with Crippen LogP contribution in [0.15, 0.2) is 31.4 Å². The van der Waals surface area contributed by atoms with Crippen LogP contribution in [0.25, 0.3) is 6.20 Å². The summed E-state index contributed by atoms with van der Waals surface area (Å²) < 4.78 is 3.49. The predicted molar refractivity (Wildman–Crippen MR) is 62.4 cm³/mol. The third kappa shape index (κ3) is 2.58. The van der Waals surface area contributed by atoms with Gasteiger partial charge in [0.05, 0.1) is 12.4 Å². The van der Waals surface area contributed by atoms with Crippen molar-refractivity contribution in [3.05, 3.63) is 42.5 Å². The number of rotatable bonds is 5. The highest BCUT2D eigenvalue weighted by Gasteiger charge is 1.98. The lowest BCUT2D eigenvalue weighted by molar-refractivity contribution is 0.692. The molecule has 0 bridgehead atoms. The molecule has 2 aromatic heterocycles. The average molecular weight is 217 g/mol. The van der Waals surface area contributed by atoms with Crippen LogP contribution >= 0.6 is 0 Å². The molecule has 0 unspecified atom stereocenters. The van der Waals surface area contributed by atoms with Crippen molar-refractivity contribution < 1.29 is 0 Å². The van der Waals surface area contributed by atoms with Crippen LogP contribution in [0, 0.1) is 0 Å². The maximum atomic E-state index is 4.11. The fraction of sp³-hybridized carbons (Fsp3) is 0.273. The molecule has 0 spiro atoms. The van der Waals surface area contributed by atoms with Crippen molar-refractivity contribution in [3.63, 3.8) is 0 Å². The number of hydrogen-bond acceptors (Lipinski definition) is 3. The van der Waals surface area contributed by atoms with E-state index < -0.39 is 0 Å². The topological polar surface area (TPSA) is 47.7 Å². The third-order valence-electron chi connectivity index (χ3n) is 2.26. The SMILES string of the molecule is C=Cn1cc(CNCc2cnn(C)c2)cn1. The summed E-state index contributed by atoms with van der Waals surface area (Å²) in [6.45, 7) is 5.25. The second-order valence-electron chi connectivity index (χ2n) is 3.64. The molecule has 0 fully saturated rings. The van der Waals surface area contributed by atoms with Gasteiger partial charge < -0.3 is 5.32 Å². The van der Waals surface area contributed by atoms with Crippen LogP contribution in [0.3, 0.4) is 0 Å². The summed E-state index contributed by atoms with van der Waals surface area (Å²) in [6.07, 6.45) is 9.31. The Bertz CT molecular complexity index is 468. The van der Waals surface area contributed by atoms with E-state index >= 15 is 0 Å². The van der Waals surface area contributed by atoms with E-state index in [9.17, 15) is 0 Å². The van der Waals surface area contributed by atoms with Crippen molar-refractivity contribution in [1.82, 2.24) is 24.9 Å². The lowest BCUT2D eigenvalue weighted by Crippen LogP contribution is -2.11. The standard InChI is InChI=1S/C11H15N5/c1-3-16-9-11(7-14-16)5-12-4-10-6-13-15(2)8-10/h3,6-9,12H,1,4-5H2,2H3. The van der Waals surface area contributed by atoms with Gasteiger partial charge in [-0.15, -0.1) is 0 Å². The highest BCUT2D eigenvalue weighted by molar-refractivity contribution is 5.17. The van der Waals surface area contributed by atoms with Gasteiger partial charge in [-0.2, -0.15) is 10.2 Å². The third-order valence-corrected chi connectivity index (χ3v) is 2.26. The van der Waals surface area contributed by atoms with Crippen molar-refractivity contribution in [2.24, 2.45) is 7.05 Å². The molecular formula is C11H15N5. The molecule has 0 aromatic carbocycles. The Morgan fingerprint density at radius 3 is 2.50 bits per heavy atom. The lowest BCUT2D eigenvalue weighted by Gasteiger charge is -1.99. The molecule has 0 aliphatic heterocycles. The molecule has 2 heterocycles. The summed E-state index contributed by atoms with van der Waals surface area (Å²) >= 11 is 0. The summed E-state index contributed by atoms with van der Waals surface area (Å²) in [5.41, 5.74) is 2.32.